The second kappa shape index (κ2) is 5.00. The lowest BCUT2D eigenvalue weighted by atomic mass is 9.92. The van der Waals surface area contributed by atoms with E-state index in [1.807, 2.05) is 51.1 Å². The summed E-state index contributed by atoms with van der Waals surface area (Å²) in [6.45, 7) is 12.1. The molecule has 19 heavy (non-hydrogen) atoms. The molecule has 0 aliphatic rings. The van der Waals surface area contributed by atoms with Crippen molar-refractivity contribution in [2.24, 2.45) is 0 Å². The van der Waals surface area contributed by atoms with Crippen LogP contribution in [0.4, 0.5) is 0 Å². The van der Waals surface area contributed by atoms with E-state index in [2.05, 4.69) is 13.8 Å². The van der Waals surface area contributed by atoms with Crippen molar-refractivity contribution >= 4 is 5.78 Å². The summed E-state index contributed by atoms with van der Waals surface area (Å²) in [6, 6.07) is 9.71. The SMILES string of the molecule is [CH2]c1c(C)ccc(C(=O)c2ccc(C)c(C)c2)c1C. The molecular formula is C18H19O. The van der Waals surface area contributed by atoms with E-state index in [1.54, 1.807) is 0 Å². The monoisotopic (exact) mass is 251 g/mol. The third kappa shape index (κ3) is 2.46. The van der Waals surface area contributed by atoms with E-state index in [4.69, 9.17) is 0 Å². The number of rotatable bonds is 2. The predicted molar refractivity (Wildman–Crippen MR) is 79.7 cm³/mol. The van der Waals surface area contributed by atoms with Gasteiger partial charge in [0.25, 0.3) is 0 Å². The Morgan fingerprint density at radius 1 is 0.895 bits per heavy atom. The van der Waals surface area contributed by atoms with Gasteiger partial charge in [0.1, 0.15) is 0 Å². The first-order chi connectivity index (χ1) is 8.91. The fourth-order valence-corrected chi connectivity index (χ4v) is 2.18. The van der Waals surface area contributed by atoms with Crippen LogP contribution in [0.1, 0.15) is 43.7 Å². The van der Waals surface area contributed by atoms with Gasteiger partial charge in [0.05, 0.1) is 0 Å². The van der Waals surface area contributed by atoms with Gasteiger partial charge in [0, 0.05) is 11.1 Å². The van der Waals surface area contributed by atoms with Crippen LogP contribution in [0.25, 0.3) is 0 Å². The van der Waals surface area contributed by atoms with E-state index < -0.39 is 0 Å². The molecule has 0 saturated carbocycles. The molecule has 0 amide bonds. The Kier molecular flexibility index (Phi) is 3.57. The Balaban J connectivity index is 2.50. The summed E-state index contributed by atoms with van der Waals surface area (Å²) in [5, 5.41) is 0. The Hall–Kier alpha value is -1.89. The Bertz CT molecular complexity index is 651. The third-order valence-corrected chi connectivity index (χ3v) is 3.85. The van der Waals surface area contributed by atoms with E-state index >= 15 is 0 Å². The second-order valence-corrected chi connectivity index (χ2v) is 5.16. The van der Waals surface area contributed by atoms with Crippen LogP contribution in [0.5, 0.6) is 0 Å². The van der Waals surface area contributed by atoms with Crippen molar-refractivity contribution < 1.29 is 4.79 Å². The molecule has 97 valence electrons. The molecule has 0 unspecified atom stereocenters. The van der Waals surface area contributed by atoms with E-state index in [1.165, 1.54) is 5.56 Å². The molecule has 0 saturated heterocycles. The van der Waals surface area contributed by atoms with Crippen LogP contribution in [0.3, 0.4) is 0 Å². The molecule has 0 bridgehead atoms. The van der Waals surface area contributed by atoms with Crippen molar-refractivity contribution in [2.75, 3.05) is 0 Å². The van der Waals surface area contributed by atoms with Crippen LogP contribution in [0, 0.1) is 34.6 Å². The van der Waals surface area contributed by atoms with Crippen LogP contribution in [-0.4, -0.2) is 5.78 Å². The molecule has 0 spiro atoms. The van der Waals surface area contributed by atoms with Crippen LogP contribution < -0.4 is 0 Å². The van der Waals surface area contributed by atoms with Crippen LogP contribution >= 0.6 is 0 Å². The van der Waals surface area contributed by atoms with Crippen molar-refractivity contribution in [3.05, 3.63) is 76.2 Å². The van der Waals surface area contributed by atoms with Gasteiger partial charge >= 0.3 is 0 Å². The zero-order valence-corrected chi connectivity index (χ0v) is 12.0. The van der Waals surface area contributed by atoms with Gasteiger partial charge < -0.3 is 0 Å². The van der Waals surface area contributed by atoms with Crippen molar-refractivity contribution in [3.63, 3.8) is 0 Å². The number of hydrogen-bond donors (Lipinski definition) is 0. The molecule has 0 heterocycles. The number of ketones is 1. The van der Waals surface area contributed by atoms with E-state index in [0.717, 1.165) is 33.4 Å². The fourth-order valence-electron chi connectivity index (χ4n) is 2.18. The molecular weight excluding hydrogens is 232 g/mol. The molecule has 2 aromatic rings. The van der Waals surface area contributed by atoms with Crippen molar-refractivity contribution in [3.8, 4) is 0 Å². The minimum absolute atomic E-state index is 0.0745. The Morgan fingerprint density at radius 3 is 2.16 bits per heavy atom. The summed E-state index contributed by atoms with van der Waals surface area (Å²) < 4.78 is 0. The summed E-state index contributed by atoms with van der Waals surface area (Å²) in [4.78, 5) is 12.6. The summed E-state index contributed by atoms with van der Waals surface area (Å²) in [6.07, 6.45) is 0. The number of hydrogen-bond acceptors (Lipinski definition) is 1. The third-order valence-electron chi connectivity index (χ3n) is 3.85. The first-order valence-corrected chi connectivity index (χ1v) is 6.46. The molecule has 0 aliphatic heterocycles. The van der Waals surface area contributed by atoms with E-state index in [9.17, 15) is 4.79 Å². The van der Waals surface area contributed by atoms with Gasteiger partial charge in [-0.1, -0.05) is 24.3 Å². The standard InChI is InChI=1S/C18H19O/c1-11-6-8-16(10-13(11)3)18(19)17-9-7-12(2)14(4)15(17)5/h6-10H,4H2,1-3,5H3. The molecule has 1 radical (unpaired) electrons. The first kappa shape index (κ1) is 13.5. The average Bonchev–Trinajstić information content (AvgIpc) is 2.39. The minimum atomic E-state index is 0.0745. The largest absolute Gasteiger partial charge is 0.289 e. The van der Waals surface area contributed by atoms with Gasteiger partial charge in [-0.15, -0.1) is 0 Å². The number of carbonyl (C=O) groups is 1. The highest BCUT2D eigenvalue weighted by molar-refractivity contribution is 6.10. The molecule has 1 heteroatoms. The summed E-state index contributed by atoms with van der Waals surface area (Å²) in [5.41, 5.74) is 6.89. The second-order valence-electron chi connectivity index (χ2n) is 5.16. The Morgan fingerprint density at radius 2 is 1.53 bits per heavy atom. The van der Waals surface area contributed by atoms with Crippen LogP contribution in [0.2, 0.25) is 0 Å². The van der Waals surface area contributed by atoms with E-state index in [-0.39, 0.29) is 5.78 Å². The average molecular weight is 251 g/mol. The van der Waals surface area contributed by atoms with Crippen molar-refractivity contribution in [1.82, 2.24) is 0 Å². The van der Waals surface area contributed by atoms with Crippen molar-refractivity contribution in [2.45, 2.75) is 27.7 Å². The maximum absolute atomic E-state index is 12.6. The highest BCUT2D eigenvalue weighted by Crippen LogP contribution is 2.21. The molecule has 2 rings (SSSR count). The smallest absolute Gasteiger partial charge is 0.193 e. The highest BCUT2D eigenvalue weighted by Gasteiger charge is 2.14. The first-order valence-electron chi connectivity index (χ1n) is 6.46. The van der Waals surface area contributed by atoms with Gasteiger partial charge in [-0.25, -0.2) is 0 Å². The summed E-state index contributed by atoms with van der Waals surface area (Å²) >= 11 is 0. The number of carbonyl (C=O) groups excluding carboxylic acids is 1. The summed E-state index contributed by atoms with van der Waals surface area (Å²) in [7, 11) is 0. The molecule has 0 aromatic heterocycles. The minimum Gasteiger partial charge on any atom is -0.289 e. The number of benzene rings is 2. The molecule has 1 nitrogen and oxygen atoms in total. The van der Waals surface area contributed by atoms with Gasteiger partial charge in [-0.05, 0) is 68.5 Å². The normalized spacial score (nSPS) is 10.6. The lowest BCUT2D eigenvalue weighted by Crippen LogP contribution is -2.06. The maximum atomic E-state index is 12.6. The molecule has 2 aromatic carbocycles. The molecule has 0 N–H and O–H groups in total. The molecule has 0 atom stereocenters. The fraction of sp³-hybridized carbons (Fsp3) is 0.222. The lowest BCUT2D eigenvalue weighted by molar-refractivity contribution is 0.103. The van der Waals surface area contributed by atoms with Gasteiger partial charge in [-0.2, -0.15) is 0 Å². The zero-order valence-electron chi connectivity index (χ0n) is 12.0. The molecule has 0 aliphatic carbocycles. The van der Waals surface area contributed by atoms with Gasteiger partial charge in [0.2, 0.25) is 0 Å². The number of aryl methyl sites for hydroxylation is 3. The quantitative estimate of drug-likeness (QED) is 0.726. The van der Waals surface area contributed by atoms with Crippen LogP contribution in [0.15, 0.2) is 30.3 Å². The zero-order chi connectivity index (χ0) is 14.2. The topological polar surface area (TPSA) is 17.1 Å². The highest BCUT2D eigenvalue weighted by atomic mass is 16.1. The van der Waals surface area contributed by atoms with E-state index in [0.29, 0.717) is 0 Å². The predicted octanol–water partition coefficient (Wildman–Crippen LogP) is 4.33. The molecule has 0 fully saturated rings. The van der Waals surface area contributed by atoms with Crippen molar-refractivity contribution in [1.29, 1.82) is 0 Å². The van der Waals surface area contributed by atoms with Gasteiger partial charge in [-0.3, -0.25) is 4.79 Å². The Labute approximate surface area is 115 Å². The maximum Gasteiger partial charge on any atom is 0.193 e. The summed E-state index contributed by atoms with van der Waals surface area (Å²) in [5.74, 6) is 0.0745. The van der Waals surface area contributed by atoms with Crippen LogP contribution in [-0.2, 0) is 0 Å². The van der Waals surface area contributed by atoms with Gasteiger partial charge in [0.15, 0.2) is 5.78 Å². The lowest BCUT2D eigenvalue weighted by Gasteiger charge is -2.11.